The van der Waals surface area contributed by atoms with Gasteiger partial charge in [0.05, 0.1) is 26.0 Å². The van der Waals surface area contributed by atoms with Crippen molar-refractivity contribution in [3.63, 3.8) is 0 Å². The number of aliphatic hydroxyl groups excluding tert-OH is 1. The maximum Gasteiger partial charge on any atom is 0.177 e. The number of hydrogen-bond donors (Lipinski definition) is 1. The molecule has 2 aromatic carbocycles. The van der Waals surface area contributed by atoms with Crippen molar-refractivity contribution in [2.24, 2.45) is 0 Å². The first kappa shape index (κ1) is 22.9. The summed E-state index contributed by atoms with van der Waals surface area (Å²) in [5.74, 6) is 3.13. The van der Waals surface area contributed by atoms with Crippen molar-refractivity contribution in [2.75, 3.05) is 18.6 Å². The van der Waals surface area contributed by atoms with E-state index in [2.05, 4.69) is 32.2 Å². The third kappa shape index (κ3) is 4.68. The lowest BCUT2D eigenvalue weighted by Gasteiger charge is -2.35. The van der Waals surface area contributed by atoms with Gasteiger partial charge in [0.2, 0.25) is 0 Å². The zero-order valence-electron chi connectivity index (χ0n) is 20.4. The molecular weight excluding hydrogens is 468 g/mol. The number of rotatable bonds is 7. The lowest BCUT2D eigenvalue weighted by molar-refractivity contribution is 0.188. The fraction of sp³-hybridized carbons (Fsp3) is 0.214. The smallest absolute Gasteiger partial charge is 0.177 e. The molecule has 9 heteroatoms. The number of ether oxygens (including phenoxy) is 2. The zero-order chi connectivity index (χ0) is 25.2. The van der Waals surface area contributed by atoms with E-state index in [0.29, 0.717) is 25.2 Å². The summed E-state index contributed by atoms with van der Waals surface area (Å²) < 4.78 is 13.4. The van der Waals surface area contributed by atoms with Crippen molar-refractivity contribution in [3.8, 4) is 22.8 Å². The number of nitrogens with zero attached hydrogens (tertiary/aromatic N) is 6. The van der Waals surface area contributed by atoms with Gasteiger partial charge >= 0.3 is 0 Å². The first-order valence-corrected chi connectivity index (χ1v) is 12.1. The van der Waals surface area contributed by atoms with Crippen molar-refractivity contribution < 1.29 is 14.6 Å². The molecule has 186 valence electrons. The molecule has 0 amide bonds. The molecule has 3 aromatic heterocycles. The normalized spacial score (nSPS) is 14.9. The molecule has 0 radical (unpaired) electrons. The fourth-order valence-corrected chi connectivity index (χ4v) is 4.56. The van der Waals surface area contributed by atoms with Gasteiger partial charge in [-0.05, 0) is 47.5 Å². The molecule has 0 aliphatic carbocycles. The molecule has 0 saturated heterocycles. The maximum atomic E-state index is 9.33. The maximum absolute atomic E-state index is 9.33. The Morgan fingerprint density at radius 2 is 1.78 bits per heavy atom. The van der Waals surface area contributed by atoms with Crippen LogP contribution in [0.15, 0.2) is 79.0 Å². The number of anilines is 1. The summed E-state index contributed by atoms with van der Waals surface area (Å²) in [4.78, 5) is 6.82. The van der Waals surface area contributed by atoms with Gasteiger partial charge in [0.15, 0.2) is 23.0 Å². The molecule has 1 aliphatic heterocycles. The van der Waals surface area contributed by atoms with E-state index in [1.165, 1.54) is 0 Å². The zero-order valence-corrected chi connectivity index (χ0v) is 20.4. The SMILES string of the molecule is COc1ccc(CN2CC(Cc3nnc4ccc(-c5ccc(CO)cc5)nn34)Oc3cccnc32)cc1. The molecule has 4 heterocycles. The van der Waals surface area contributed by atoms with Crippen LogP contribution in [0.4, 0.5) is 5.82 Å². The molecule has 1 aliphatic rings. The number of hydrogen-bond acceptors (Lipinski definition) is 8. The lowest BCUT2D eigenvalue weighted by Crippen LogP contribution is -2.41. The monoisotopic (exact) mass is 494 g/mol. The third-order valence-corrected chi connectivity index (χ3v) is 6.47. The quantitative estimate of drug-likeness (QED) is 0.366. The lowest BCUT2D eigenvalue weighted by atomic mass is 10.1. The average molecular weight is 495 g/mol. The topological polar surface area (TPSA) is 97.9 Å². The molecule has 0 spiro atoms. The van der Waals surface area contributed by atoms with Crippen molar-refractivity contribution in [3.05, 3.63) is 95.9 Å². The molecule has 9 nitrogen and oxygen atoms in total. The molecule has 6 rings (SSSR count). The summed E-state index contributed by atoms with van der Waals surface area (Å²) in [6.07, 6.45) is 2.17. The summed E-state index contributed by atoms with van der Waals surface area (Å²) in [7, 11) is 1.67. The van der Waals surface area contributed by atoms with Crippen LogP contribution in [-0.4, -0.2) is 49.7 Å². The first-order valence-electron chi connectivity index (χ1n) is 12.1. The number of benzene rings is 2. The van der Waals surface area contributed by atoms with E-state index in [-0.39, 0.29) is 12.7 Å². The third-order valence-electron chi connectivity index (χ3n) is 6.47. The number of aromatic nitrogens is 5. The van der Waals surface area contributed by atoms with Crippen LogP contribution in [0.1, 0.15) is 17.0 Å². The molecule has 1 unspecified atom stereocenters. The Morgan fingerprint density at radius 1 is 0.973 bits per heavy atom. The summed E-state index contributed by atoms with van der Waals surface area (Å²) in [5.41, 5.74) is 4.46. The Bertz CT molecular complexity index is 1520. The predicted molar refractivity (Wildman–Crippen MR) is 139 cm³/mol. The highest BCUT2D eigenvalue weighted by Crippen LogP contribution is 2.33. The van der Waals surface area contributed by atoms with Gasteiger partial charge in [-0.1, -0.05) is 36.4 Å². The van der Waals surface area contributed by atoms with E-state index in [1.807, 2.05) is 60.7 Å². The van der Waals surface area contributed by atoms with Gasteiger partial charge < -0.3 is 19.5 Å². The Labute approximate surface area is 214 Å². The van der Waals surface area contributed by atoms with Crippen molar-refractivity contribution in [2.45, 2.75) is 25.7 Å². The molecule has 1 N–H and O–H groups in total. The standard InChI is InChI=1S/C28H26N6O3/c1-36-22-10-6-19(7-11-22)16-33-17-23(37-25-3-2-14-29-28(25)33)15-27-31-30-26-13-12-24(32-34(26)27)21-8-4-20(18-35)5-9-21/h2-14,23,35H,15-18H2,1H3. The second kappa shape index (κ2) is 9.87. The molecule has 0 bridgehead atoms. The second-order valence-corrected chi connectivity index (χ2v) is 8.96. The predicted octanol–water partition coefficient (Wildman–Crippen LogP) is 3.70. The van der Waals surface area contributed by atoms with E-state index in [0.717, 1.165) is 45.5 Å². The number of aliphatic hydroxyl groups is 1. The molecule has 37 heavy (non-hydrogen) atoms. The van der Waals surface area contributed by atoms with Crippen LogP contribution in [0.3, 0.4) is 0 Å². The number of methoxy groups -OCH3 is 1. The van der Waals surface area contributed by atoms with Crippen LogP contribution in [0, 0.1) is 0 Å². The summed E-state index contributed by atoms with van der Waals surface area (Å²) >= 11 is 0. The van der Waals surface area contributed by atoms with Crippen LogP contribution in [0.2, 0.25) is 0 Å². The van der Waals surface area contributed by atoms with Gasteiger partial charge in [0.25, 0.3) is 0 Å². The largest absolute Gasteiger partial charge is 0.497 e. The van der Waals surface area contributed by atoms with Crippen LogP contribution in [-0.2, 0) is 19.6 Å². The van der Waals surface area contributed by atoms with Gasteiger partial charge in [0.1, 0.15) is 11.9 Å². The second-order valence-electron chi connectivity index (χ2n) is 8.96. The summed E-state index contributed by atoms with van der Waals surface area (Å²) in [6, 6.07) is 23.4. The minimum atomic E-state index is -0.156. The van der Waals surface area contributed by atoms with E-state index < -0.39 is 0 Å². The highest BCUT2D eigenvalue weighted by molar-refractivity contribution is 5.60. The van der Waals surface area contributed by atoms with Crippen LogP contribution >= 0.6 is 0 Å². The molecular formula is C28H26N6O3. The first-order chi connectivity index (χ1) is 18.2. The van der Waals surface area contributed by atoms with E-state index in [4.69, 9.17) is 14.6 Å². The van der Waals surface area contributed by atoms with Gasteiger partial charge in [-0.25, -0.2) is 4.98 Å². The average Bonchev–Trinajstić information content (AvgIpc) is 3.35. The Kier molecular flexibility index (Phi) is 6.11. The van der Waals surface area contributed by atoms with Crippen LogP contribution in [0.25, 0.3) is 16.9 Å². The highest BCUT2D eigenvalue weighted by atomic mass is 16.5. The molecule has 5 aromatic rings. The van der Waals surface area contributed by atoms with E-state index in [1.54, 1.807) is 17.8 Å². The van der Waals surface area contributed by atoms with E-state index in [9.17, 15) is 5.11 Å². The van der Waals surface area contributed by atoms with Gasteiger partial charge in [-0.15, -0.1) is 10.2 Å². The fourth-order valence-electron chi connectivity index (χ4n) is 4.56. The van der Waals surface area contributed by atoms with Crippen molar-refractivity contribution in [1.29, 1.82) is 0 Å². The number of fused-ring (bicyclic) bond motifs is 2. The van der Waals surface area contributed by atoms with E-state index >= 15 is 0 Å². The summed E-state index contributed by atoms with van der Waals surface area (Å²) in [5, 5.41) is 22.9. The Balaban J connectivity index is 1.26. The molecule has 1 atom stereocenters. The highest BCUT2D eigenvalue weighted by Gasteiger charge is 2.28. The van der Waals surface area contributed by atoms with Gasteiger partial charge in [-0.2, -0.15) is 9.61 Å². The van der Waals surface area contributed by atoms with Crippen molar-refractivity contribution in [1.82, 2.24) is 24.8 Å². The van der Waals surface area contributed by atoms with Crippen LogP contribution in [0.5, 0.6) is 11.5 Å². The number of pyridine rings is 1. The van der Waals surface area contributed by atoms with Crippen molar-refractivity contribution >= 4 is 11.5 Å². The molecule has 0 saturated carbocycles. The minimum Gasteiger partial charge on any atom is -0.497 e. The minimum absolute atomic E-state index is 0.0118. The van der Waals surface area contributed by atoms with Gasteiger partial charge in [-0.3, -0.25) is 0 Å². The molecule has 0 fully saturated rings. The Morgan fingerprint density at radius 3 is 2.57 bits per heavy atom. The summed E-state index contributed by atoms with van der Waals surface area (Å²) in [6.45, 7) is 1.35. The Hall–Kier alpha value is -4.50. The van der Waals surface area contributed by atoms with Gasteiger partial charge in [0, 0.05) is 24.7 Å². The van der Waals surface area contributed by atoms with Crippen LogP contribution < -0.4 is 14.4 Å².